The number of aromatic nitrogens is 2. The highest BCUT2D eigenvalue weighted by atomic mass is 16.5. The zero-order chi connectivity index (χ0) is 20.1. The summed E-state index contributed by atoms with van der Waals surface area (Å²) in [4.78, 5) is 23.1. The Kier molecular flexibility index (Phi) is 5.59. The molecule has 0 saturated heterocycles. The van der Waals surface area contributed by atoms with Gasteiger partial charge in [0.1, 0.15) is 17.9 Å². The quantitative estimate of drug-likeness (QED) is 0.659. The summed E-state index contributed by atoms with van der Waals surface area (Å²) < 4.78 is 7.22. The monoisotopic (exact) mass is 377 g/mol. The molecule has 0 aliphatic rings. The molecule has 0 radical (unpaired) electrons. The van der Waals surface area contributed by atoms with Crippen molar-refractivity contribution >= 4 is 18.0 Å². The zero-order valence-corrected chi connectivity index (χ0v) is 16.2. The van der Waals surface area contributed by atoms with E-state index >= 15 is 0 Å². The Morgan fingerprint density at radius 1 is 1.11 bits per heavy atom. The minimum Gasteiger partial charge on any atom is -0.484 e. The molecule has 6 heteroatoms. The van der Waals surface area contributed by atoms with E-state index in [4.69, 9.17) is 4.74 Å². The fourth-order valence-electron chi connectivity index (χ4n) is 2.57. The van der Waals surface area contributed by atoms with Crippen LogP contribution in [0.4, 0.5) is 5.82 Å². The van der Waals surface area contributed by atoms with Gasteiger partial charge in [-0.3, -0.25) is 9.59 Å². The van der Waals surface area contributed by atoms with Crippen LogP contribution in [-0.4, -0.2) is 28.6 Å². The molecule has 0 aliphatic carbocycles. The van der Waals surface area contributed by atoms with Gasteiger partial charge in [0.05, 0.1) is 11.4 Å². The van der Waals surface area contributed by atoms with Crippen LogP contribution in [0.1, 0.15) is 36.8 Å². The number of carbonyl (C=O) groups excluding carboxylic acids is 2. The predicted molar refractivity (Wildman–Crippen MR) is 108 cm³/mol. The van der Waals surface area contributed by atoms with Crippen LogP contribution < -0.4 is 10.1 Å². The smallest absolute Gasteiger partial charge is 0.263 e. The topological polar surface area (TPSA) is 73.2 Å². The standard InChI is InChI=1S/C22H23N3O3/c1-22(2,3)19-13-20(25(24-19)17-7-5-4-6-8-17)23-21(27)15-28-18-11-9-16(14-26)10-12-18/h4-14H,15H2,1-3H3,(H,23,27). The molecular formula is C22H23N3O3. The summed E-state index contributed by atoms with van der Waals surface area (Å²) in [6, 6.07) is 18.1. The Hall–Kier alpha value is -3.41. The SMILES string of the molecule is CC(C)(C)c1cc(NC(=O)COc2ccc(C=O)cc2)n(-c2ccccc2)n1. The molecule has 0 unspecified atom stereocenters. The van der Waals surface area contributed by atoms with Crippen LogP contribution in [0.25, 0.3) is 5.69 Å². The number of hydrogen-bond acceptors (Lipinski definition) is 4. The maximum atomic E-state index is 12.4. The van der Waals surface area contributed by atoms with Crippen LogP contribution in [0.15, 0.2) is 60.7 Å². The van der Waals surface area contributed by atoms with E-state index in [2.05, 4.69) is 31.2 Å². The zero-order valence-electron chi connectivity index (χ0n) is 16.2. The summed E-state index contributed by atoms with van der Waals surface area (Å²) in [6.45, 7) is 6.07. The van der Waals surface area contributed by atoms with E-state index in [9.17, 15) is 9.59 Å². The maximum absolute atomic E-state index is 12.4. The molecule has 3 rings (SSSR count). The van der Waals surface area contributed by atoms with Crippen molar-refractivity contribution in [1.82, 2.24) is 9.78 Å². The lowest BCUT2D eigenvalue weighted by Gasteiger charge is -2.14. The minimum absolute atomic E-state index is 0.148. The van der Waals surface area contributed by atoms with Gasteiger partial charge >= 0.3 is 0 Å². The lowest BCUT2D eigenvalue weighted by atomic mass is 9.92. The summed E-state index contributed by atoms with van der Waals surface area (Å²) in [5.41, 5.74) is 2.13. The lowest BCUT2D eigenvalue weighted by molar-refractivity contribution is -0.118. The number of aldehydes is 1. The minimum atomic E-state index is -0.294. The van der Waals surface area contributed by atoms with Crippen LogP contribution in [0.5, 0.6) is 5.75 Å². The van der Waals surface area contributed by atoms with E-state index in [0.717, 1.165) is 17.7 Å². The van der Waals surface area contributed by atoms with Crippen molar-refractivity contribution in [1.29, 1.82) is 0 Å². The number of anilines is 1. The van der Waals surface area contributed by atoms with Crippen LogP contribution in [0.3, 0.4) is 0 Å². The van der Waals surface area contributed by atoms with Gasteiger partial charge in [-0.25, -0.2) is 4.68 Å². The Morgan fingerprint density at radius 2 is 1.79 bits per heavy atom. The van der Waals surface area contributed by atoms with E-state index in [-0.39, 0.29) is 17.9 Å². The van der Waals surface area contributed by atoms with Gasteiger partial charge in [-0.1, -0.05) is 39.0 Å². The maximum Gasteiger partial charge on any atom is 0.263 e. The van der Waals surface area contributed by atoms with Crippen LogP contribution in [0, 0.1) is 0 Å². The number of ether oxygens (including phenoxy) is 1. The Bertz CT molecular complexity index is 955. The fraction of sp³-hybridized carbons (Fsp3) is 0.227. The first-order valence-corrected chi connectivity index (χ1v) is 9.01. The van der Waals surface area contributed by atoms with Crippen molar-refractivity contribution in [2.75, 3.05) is 11.9 Å². The van der Waals surface area contributed by atoms with Gasteiger partial charge < -0.3 is 10.1 Å². The number of para-hydroxylation sites is 1. The second-order valence-corrected chi connectivity index (χ2v) is 7.44. The molecule has 1 N–H and O–H groups in total. The first kappa shape index (κ1) is 19.4. The van der Waals surface area contributed by atoms with Crippen molar-refractivity contribution in [3.8, 4) is 11.4 Å². The summed E-state index contributed by atoms with van der Waals surface area (Å²) >= 11 is 0. The van der Waals surface area contributed by atoms with Crippen LogP contribution in [0.2, 0.25) is 0 Å². The summed E-state index contributed by atoms with van der Waals surface area (Å²) in [6.07, 6.45) is 0.758. The molecule has 0 spiro atoms. The van der Waals surface area contributed by atoms with Gasteiger partial charge in [-0.15, -0.1) is 0 Å². The Balaban J connectivity index is 1.75. The second-order valence-electron chi connectivity index (χ2n) is 7.44. The molecule has 28 heavy (non-hydrogen) atoms. The molecule has 1 heterocycles. The predicted octanol–water partition coefficient (Wildman–Crippen LogP) is 4.00. The molecule has 1 aromatic heterocycles. The number of hydrogen-bond donors (Lipinski definition) is 1. The molecule has 0 bridgehead atoms. The van der Waals surface area contributed by atoms with E-state index in [0.29, 0.717) is 17.1 Å². The highest BCUT2D eigenvalue weighted by Crippen LogP contribution is 2.26. The van der Waals surface area contributed by atoms with Gasteiger partial charge in [0.2, 0.25) is 0 Å². The van der Waals surface area contributed by atoms with E-state index in [1.54, 1.807) is 28.9 Å². The van der Waals surface area contributed by atoms with Crippen molar-refractivity contribution < 1.29 is 14.3 Å². The highest BCUT2D eigenvalue weighted by Gasteiger charge is 2.21. The largest absolute Gasteiger partial charge is 0.484 e. The number of amides is 1. The molecule has 0 atom stereocenters. The average molecular weight is 377 g/mol. The van der Waals surface area contributed by atoms with Gasteiger partial charge in [-0.05, 0) is 36.4 Å². The Labute approximate surface area is 164 Å². The third kappa shape index (κ3) is 4.65. The van der Waals surface area contributed by atoms with Gasteiger partial charge in [-0.2, -0.15) is 5.10 Å². The van der Waals surface area contributed by atoms with Crippen molar-refractivity contribution in [2.45, 2.75) is 26.2 Å². The number of benzene rings is 2. The number of rotatable bonds is 6. The van der Waals surface area contributed by atoms with Crippen LogP contribution >= 0.6 is 0 Å². The molecule has 3 aromatic rings. The molecule has 6 nitrogen and oxygen atoms in total. The van der Waals surface area contributed by atoms with E-state index in [1.165, 1.54) is 0 Å². The van der Waals surface area contributed by atoms with Gasteiger partial charge in [0, 0.05) is 17.0 Å². The van der Waals surface area contributed by atoms with Gasteiger partial charge in [0.25, 0.3) is 5.91 Å². The summed E-state index contributed by atoms with van der Waals surface area (Å²) in [7, 11) is 0. The fourth-order valence-corrected chi connectivity index (χ4v) is 2.57. The molecule has 0 saturated carbocycles. The van der Waals surface area contributed by atoms with E-state index in [1.807, 2.05) is 36.4 Å². The summed E-state index contributed by atoms with van der Waals surface area (Å²) in [5.74, 6) is 0.811. The second kappa shape index (κ2) is 8.08. The number of nitrogens with one attached hydrogen (secondary N) is 1. The first-order chi connectivity index (χ1) is 13.4. The Morgan fingerprint density at radius 3 is 2.39 bits per heavy atom. The van der Waals surface area contributed by atoms with Crippen molar-refractivity contribution in [3.63, 3.8) is 0 Å². The van der Waals surface area contributed by atoms with E-state index < -0.39 is 0 Å². The molecule has 0 fully saturated rings. The molecule has 0 aliphatic heterocycles. The highest BCUT2D eigenvalue weighted by molar-refractivity contribution is 5.91. The third-order valence-corrected chi connectivity index (χ3v) is 4.13. The van der Waals surface area contributed by atoms with Gasteiger partial charge in [0.15, 0.2) is 6.61 Å². The molecule has 144 valence electrons. The number of nitrogens with zero attached hydrogens (tertiary/aromatic N) is 2. The molecule has 1 amide bonds. The van der Waals surface area contributed by atoms with Crippen molar-refractivity contribution in [3.05, 3.63) is 71.9 Å². The molecular weight excluding hydrogens is 354 g/mol. The third-order valence-electron chi connectivity index (χ3n) is 4.13. The first-order valence-electron chi connectivity index (χ1n) is 9.01. The lowest BCUT2D eigenvalue weighted by Crippen LogP contribution is -2.21. The normalized spacial score (nSPS) is 11.1. The van der Waals surface area contributed by atoms with Crippen molar-refractivity contribution in [2.24, 2.45) is 0 Å². The molecule has 2 aromatic carbocycles. The average Bonchev–Trinajstić information content (AvgIpc) is 3.11. The van der Waals surface area contributed by atoms with Crippen LogP contribution in [-0.2, 0) is 10.2 Å². The number of carbonyl (C=O) groups is 2. The summed E-state index contributed by atoms with van der Waals surface area (Å²) in [5, 5.41) is 7.54.